The van der Waals surface area contributed by atoms with Crippen molar-refractivity contribution >= 4 is 11.0 Å². The average molecular weight is 445 g/mol. The molecule has 0 saturated heterocycles. The maximum atomic E-state index is 5.14. The molecule has 0 unspecified atom stereocenters. The minimum absolute atomic E-state index is 0. The van der Waals surface area contributed by atoms with Gasteiger partial charge in [0.2, 0.25) is 0 Å². The number of nitrogens with zero attached hydrogens (tertiary/aromatic N) is 2. The molecule has 1 radical (unpaired) electrons. The zero-order valence-electron chi connectivity index (χ0n) is 15.7. The SMILES string of the molecule is [Y].[c-]1ccccc1C1(c2[c-]cccc2)c2ccccc2-n2c1nc1ccccc12. The Morgan fingerprint density at radius 1 is 0.690 bits per heavy atom. The summed E-state index contributed by atoms with van der Waals surface area (Å²) in [6.07, 6.45) is 0. The smallest absolute Gasteiger partial charge is 0.130 e. The second-order valence-corrected chi connectivity index (χ2v) is 7.08. The molecular weight excluding hydrogens is 429 g/mol. The molecule has 0 fully saturated rings. The predicted octanol–water partition coefficient (Wildman–Crippen LogP) is 5.32. The van der Waals surface area contributed by atoms with Crippen molar-refractivity contribution < 1.29 is 32.7 Å². The normalized spacial score (nSPS) is 13.5. The van der Waals surface area contributed by atoms with Gasteiger partial charge in [0.15, 0.2) is 0 Å². The fourth-order valence-corrected chi connectivity index (χ4v) is 4.56. The van der Waals surface area contributed by atoms with E-state index in [0.29, 0.717) is 0 Å². The number of rotatable bonds is 2. The van der Waals surface area contributed by atoms with Gasteiger partial charge >= 0.3 is 0 Å². The van der Waals surface area contributed by atoms with Gasteiger partial charge in [-0.25, -0.2) is 4.98 Å². The third-order valence-corrected chi connectivity index (χ3v) is 5.67. The molecule has 5 aromatic rings. The van der Waals surface area contributed by atoms with Crippen molar-refractivity contribution in [2.45, 2.75) is 5.41 Å². The minimum Gasteiger partial charge on any atom is -0.295 e. The van der Waals surface area contributed by atoms with E-state index in [2.05, 4.69) is 83.4 Å². The molecule has 0 saturated carbocycles. The van der Waals surface area contributed by atoms with Crippen LogP contribution in [0.3, 0.4) is 0 Å². The fourth-order valence-electron chi connectivity index (χ4n) is 4.56. The monoisotopic (exact) mass is 445 g/mol. The van der Waals surface area contributed by atoms with Gasteiger partial charge in [-0.15, -0.1) is 11.1 Å². The molecule has 0 atom stereocenters. The first-order chi connectivity index (χ1) is 13.9. The zero-order chi connectivity index (χ0) is 18.6. The van der Waals surface area contributed by atoms with Gasteiger partial charge in [0, 0.05) is 32.7 Å². The molecule has 0 N–H and O–H groups in total. The summed E-state index contributed by atoms with van der Waals surface area (Å²) in [7, 11) is 0. The molecule has 2 heterocycles. The minimum atomic E-state index is -0.544. The van der Waals surface area contributed by atoms with E-state index in [0.717, 1.165) is 28.0 Å². The third-order valence-electron chi connectivity index (χ3n) is 5.67. The zero-order valence-corrected chi connectivity index (χ0v) is 18.5. The first kappa shape index (κ1) is 18.5. The van der Waals surface area contributed by atoms with E-state index in [-0.39, 0.29) is 32.7 Å². The van der Waals surface area contributed by atoms with Gasteiger partial charge in [-0.2, -0.15) is 60.7 Å². The topological polar surface area (TPSA) is 17.8 Å². The number of aromatic nitrogens is 2. The first-order valence-electron chi connectivity index (χ1n) is 9.43. The van der Waals surface area contributed by atoms with Crippen LogP contribution in [0.15, 0.2) is 97.1 Å². The van der Waals surface area contributed by atoms with Crippen molar-refractivity contribution in [3.05, 3.63) is 132 Å². The van der Waals surface area contributed by atoms with Gasteiger partial charge in [-0.3, -0.25) is 4.57 Å². The van der Waals surface area contributed by atoms with Crippen LogP contribution >= 0.6 is 0 Å². The van der Waals surface area contributed by atoms with E-state index in [1.54, 1.807) is 0 Å². The van der Waals surface area contributed by atoms with E-state index < -0.39 is 5.41 Å². The van der Waals surface area contributed by atoms with Crippen LogP contribution < -0.4 is 0 Å². The van der Waals surface area contributed by atoms with Crippen LogP contribution in [0.2, 0.25) is 0 Å². The summed E-state index contributed by atoms with van der Waals surface area (Å²) < 4.78 is 2.30. The quantitative estimate of drug-likeness (QED) is 0.330. The first-order valence-corrected chi connectivity index (χ1v) is 9.43. The Morgan fingerprint density at radius 2 is 1.31 bits per heavy atom. The molecule has 4 aromatic carbocycles. The summed E-state index contributed by atoms with van der Waals surface area (Å²) in [6, 6.07) is 40.4. The maximum Gasteiger partial charge on any atom is 0.130 e. The number of hydrogen-bond donors (Lipinski definition) is 0. The molecule has 2 nitrogen and oxygen atoms in total. The van der Waals surface area contributed by atoms with Crippen LogP contribution in [0.1, 0.15) is 22.5 Å². The summed E-state index contributed by atoms with van der Waals surface area (Å²) in [4.78, 5) is 5.14. The molecule has 1 aliphatic rings. The van der Waals surface area contributed by atoms with E-state index in [1.807, 2.05) is 30.3 Å². The Labute approximate surface area is 195 Å². The Bertz CT molecular complexity index is 1270. The van der Waals surface area contributed by atoms with Gasteiger partial charge in [0.25, 0.3) is 0 Å². The molecule has 29 heavy (non-hydrogen) atoms. The maximum absolute atomic E-state index is 5.14. The number of para-hydroxylation sites is 3. The molecule has 0 spiro atoms. The van der Waals surface area contributed by atoms with Crippen molar-refractivity contribution in [2.75, 3.05) is 0 Å². The van der Waals surface area contributed by atoms with E-state index in [9.17, 15) is 0 Å². The molecule has 3 heteroatoms. The molecule has 135 valence electrons. The summed E-state index contributed by atoms with van der Waals surface area (Å²) in [5.74, 6) is 1.000. The summed E-state index contributed by atoms with van der Waals surface area (Å²) in [5.41, 5.74) is 6.13. The van der Waals surface area contributed by atoms with Gasteiger partial charge in [-0.05, 0) is 23.8 Å². The molecular formula is C26H16N2Y-2. The van der Waals surface area contributed by atoms with Gasteiger partial charge in [0.1, 0.15) is 5.82 Å². The van der Waals surface area contributed by atoms with Crippen molar-refractivity contribution in [3.63, 3.8) is 0 Å². The summed E-state index contributed by atoms with van der Waals surface area (Å²) in [6.45, 7) is 0. The molecule has 1 aliphatic heterocycles. The Hall–Kier alpha value is -2.55. The number of hydrogen-bond acceptors (Lipinski definition) is 1. The van der Waals surface area contributed by atoms with Gasteiger partial charge in [-0.1, -0.05) is 30.3 Å². The number of fused-ring (bicyclic) bond motifs is 5. The average Bonchev–Trinajstić information content (AvgIpc) is 3.28. The molecule has 1 aromatic heterocycles. The van der Waals surface area contributed by atoms with Crippen LogP contribution in [0.4, 0.5) is 0 Å². The van der Waals surface area contributed by atoms with Crippen LogP contribution in [-0.2, 0) is 38.1 Å². The second kappa shape index (κ2) is 7.05. The second-order valence-electron chi connectivity index (χ2n) is 7.08. The molecule has 0 amide bonds. The molecule has 0 bridgehead atoms. The Kier molecular flexibility index (Phi) is 4.49. The van der Waals surface area contributed by atoms with Crippen LogP contribution in [-0.4, -0.2) is 9.55 Å². The van der Waals surface area contributed by atoms with Crippen molar-refractivity contribution in [2.24, 2.45) is 0 Å². The summed E-state index contributed by atoms with van der Waals surface area (Å²) in [5, 5.41) is 0. The Morgan fingerprint density at radius 3 is 2.00 bits per heavy atom. The van der Waals surface area contributed by atoms with Crippen LogP contribution in [0, 0.1) is 12.1 Å². The molecule has 0 aliphatic carbocycles. The van der Waals surface area contributed by atoms with Crippen LogP contribution in [0.5, 0.6) is 0 Å². The largest absolute Gasteiger partial charge is 0.295 e. The van der Waals surface area contributed by atoms with Gasteiger partial charge in [0.05, 0.1) is 22.1 Å². The fraction of sp³-hybridized carbons (Fsp3) is 0.0385. The van der Waals surface area contributed by atoms with E-state index >= 15 is 0 Å². The van der Waals surface area contributed by atoms with Crippen molar-refractivity contribution in [1.29, 1.82) is 0 Å². The van der Waals surface area contributed by atoms with E-state index in [1.165, 1.54) is 11.3 Å². The number of imidazole rings is 1. The summed E-state index contributed by atoms with van der Waals surface area (Å²) >= 11 is 0. The Balaban J connectivity index is 0.00000181. The molecule has 6 rings (SSSR count). The predicted molar refractivity (Wildman–Crippen MR) is 111 cm³/mol. The standard InChI is InChI=1S/C26H16N2.Y/c1-3-11-19(12-4-1)26(20-13-5-2-6-14-20)21-15-7-9-17-23(21)28-24-18-10-8-16-22(24)27-25(26)28;/h1-11,13,15-18H;/q-2;. The number of benzene rings is 4. The third kappa shape index (κ3) is 2.46. The van der Waals surface area contributed by atoms with Gasteiger partial charge < -0.3 is 0 Å². The van der Waals surface area contributed by atoms with E-state index in [4.69, 9.17) is 4.98 Å². The van der Waals surface area contributed by atoms with Crippen molar-refractivity contribution in [1.82, 2.24) is 9.55 Å². The van der Waals surface area contributed by atoms with Crippen LogP contribution in [0.25, 0.3) is 16.7 Å². The van der Waals surface area contributed by atoms with Crippen molar-refractivity contribution in [3.8, 4) is 5.69 Å².